The summed E-state index contributed by atoms with van der Waals surface area (Å²) in [7, 11) is -13.3. The fourth-order valence-electron chi connectivity index (χ4n) is 3.77. The Morgan fingerprint density at radius 1 is 0.358 bits per heavy atom. The number of hydrogen-bond donors (Lipinski definition) is 3. The number of hydrogen-bond acceptors (Lipinski definition) is 5. The van der Waals surface area contributed by atoms with Crippen molar-refractivity contribution in [2.45, 2.75) is 156 Å². The molecule has 0 amide bonds. The molecule has 0 rings (SSSR count). The van der Waals surface area contributed by atoms with E-state index in [1.807, 2.05) is 0 Å². The third-order valence-electron chi connectivity index (χ3n) is 7.00. The standard InChI is InChI=1S/C18H39N.2C4H2F9NO2S/c1-2-3-4-5-6-7-8-9-10-11-12-13-14-15-16-17-18-19;2*5-1(6,3(9,10)11)2(7,8)4(12,13)17(14,15)16/h2-19H2,1H3;2*(H2,14,15,16). The van der Waals surface area contributed by atoms with Crippen LogP contribution in [0.4, 0.5) is 79.0 Å². The number of alkyl halides is 18. The Morgan fingerprint density at radius 2 is 0.547 bits per heavy atom. The minimum atomic E-state index is -7.27. The molecule has 324 valence electrons. The zero-order chi connectivity index (χ0) is 43.0. The molecule has 0 aromatic rings. The van der Waals surface area contributed by atoms with Gasteiger partial charge in [-0.15, -0.1) is 0 Å². The Kier molecular flexibility index (Phi) is 22.9. The van der Waals surface area contributed by atoms with E-state index in [9.17, 15) is 95.9 Å². The smallest absolute Gasteiger partial charge is 0.330 e. The summed E-state index contributed by atoms with van der Waals surface area (Å²) < 4.78 is 255. The van der Waals surface area contributed by atoms with E-state index in [0.29, 0.717) is 0 Å². The van der Waals surface area contributed by atoms with Crippen LogP contribution in [0.5, 0.6) is 0 Å². The summed E-state index contributed by atoms with van der Waals surface area (Å²) in [6.45, 7) is 3.16. The van der Waals surface area contributed by atoms with Crippen LogP contribution in [0.2, 0.25) is 0 Å². The van der Waals surface area contributed by atoms with Crippen molar-refractivity contribution in [1.82, 2.24) is 0 Å². The lowest BCUT2D eigenvalue weighted by Gasteiger charge is -2.32. The summed E-state index contributed by atoms with van der Waals surface area (Å²) in [5, 5.41) is -6.60. The summed E-state index contributed by atoms with van der Waals surface area (Å²) in [4.78, 5) is 0. The molecular formula is C26H43F18N3O4S2. The van der Waals surface area contributed by atoms with Crippen molar-refractivity contribution in [3.63, 3.8) is 0 Å². The maximum absolute atomic E-state index is 12.3. The normalized spacial score (nSPS) is 14.3. The zero-order valence-electron chi connectivity index (χ0n) is 28.0. The molecule has 0 bridgehead atoms. The van der Waals surface area contributed by atoms with Gasteiger partial charge in [0, 0.05) is 0 Å². The van der Waals surface area contributed by atoms with Crippen LogP contribution in [0.25, 0.3) is 0 Å². The van der Waals surface area contributed by atoms with Gasteiger partial charge in [0.1, 0.15) is 0 Å². The van der Waals surface area contributed by atoms with Gasteiger partial charge < -0.3 is 5.73 Å². The van der Waals surface area contributed by atoms with E-state index in [1.54, 1.807) is 0 Å². The molecule has 0 spiro atoms. The zero-order valence-corrected chi connectivity index (χ0v) is 29.6. The summed E-state index contributed by atoms with van der Waals surface area (Å²) in [6, 6.07) is 0. The van der Waals surface area contributed by atoms with Gasteiger partial charge in [-0.05, 0) is 13.0 Å². The van der Waals surface area contributed by atoms with Crippen molar-refractivity contribution in [3.05, 3.63) is 0 Å². The monoisotopic (exact) mass is 867 g/mol. The second-order valence-corrected chi connectivity index (χ2v) is 14.7. The van der Waals surface area contributed by atoms with Crippen LogP contribution in [0.3, 0.4) is 0 Å². The number of halogens is 18. The van der Waals surface area contributed by atoms with Crippen molar-refractivity contribution >= 4 is 20.0 Å². The number of unbranched alkanes of at least 4 members (excludes halogenated alkanes) is 15. The number of rotatable bonds is 22. The minimum absolute atomic E-state index is 0.873. The van der Waals surface area contributed by atoms with Crippen LogP contribution in [0.1, 0.15) is 110 Å². The molecule has 0 aliphatic heterocycles. The Morgan fingerprint density at radius 3 is 0.698 bits per heavy atom. The Hall–Kier alpha value is -1.48. The molecule has 0 saturated carbocycles. The van der Waals surface area contributed by atoms with Crippen LogP contribution in [0.15, 0.2) is 0 Å². The van der Waals surface area contributed by atoms with Crippen LogP contribution < -0.4 is 16.0 Å². The van der Waals surface area contributed by atoms with E-state index >= 15 is 0 Å². The van der Waals surface area contributed by atoms with Crippen molar-refractivity contribution in [3.8, 4) is 0 Å². The van der Waals surface area contributed by atoms with Crippen LogP contribution in [0, 0.1) is 0 Å². The molecule has 0 atom stereocenters. The minimum Gasteiger partial charge on any atom is -0.330 e. The van der Waals surface area contributed by atoms with E-state index in [0.717, 1.165) is 6.54 Å². The average Bonchev–Trinajstić information content (AvgIpc) is 2.97. The molecule has 0 aliphatic rings. The van der Waals surface area contributed by atoms with Gasteiger partial charge in [0.05, 0.1) is 0 Å². The van der Waals surface area contributed by atoms with Gasteiger partial charge in [-0.1, -0.05) is 103 Å². The molecule has 0 aromatic heterocycles. The maximum Gasteiger partial charge on any atom is 0.460 e. The van der Waals surface area contributed by atoms with Gasteiger partial charge in [-0.2, -0.15) is 79.0 Å². The van der Waals surface area contributed by atoms with E-state index in [4.69, 9.17) is 5.73 Å². The Bertz CT molecular complexity index is 1150. The summed E-state index contributed by atoms with van der Waals surface area (Å²) in [6.07, 6.45) is 8.70. The van der Waals surface area contributed by atoms with Gasteiger partial charge in [0.15, 0.2) is 0 Å². The quantitative estimate of drug-likeness (QED) is 0.0733. The van der Waals surface area contributed by atoms with Crippen LogP contribution in [-0.2, 0) is 20.0 Å². The highest BCUT2D eigenvalue weighted by molar-refractivity contribution is 7.90. The van der Waals surface area contributed by atoms with E-state index in [1.165, 1.54) is 103 Å². The predicted octanol–water partition coefficient (Wildman–Crippen LogP) is 9.61. The lowest BCUT2D eigenvalue weighted by atomic mass is 10.0. The molecule has 0 unspecified atom stereocenters. The lowest BCUT2D eigenvalue weighted by Crippen LogP contribution is -2.64. The van der Waals surface area contributed by atoms with Gasteiger partial charge in [-0.3, -0.25) is 0 Å². The first-order valence-electron chi connectivity index (χ1n) is 15.6. The Balaban J connectivity index is -0.000000709. The largest absolute Gasteiger partial charge is 0.460 e. The number of primary sulfonamides is 2. The predicted molar refractivity (Wildman–Crippen MR) is 157 cm³/mol. The molecule has 6 N–H and O–H groups in total. The number of nitrogens with two attached hydrogens (primary N) is 3. The third-order valence-corrected chi connectivity index (χ3v) is 8.95. The van der Waals surface area contributed by atoms with E-state index in [2.05, 4.69) is 17.2 Å². The van der Waals surface area contributed by atoms with Gasteiger partial charge in [-0.25, -0.2) is 27.1 Å². The third kappa shape index (κ3) is 15.9. The van der Waals surface area contributed by atoms with Crippen LogP contribution in [-0.4, -0.2) is 69.9 Å². The second-order valence-electron chi connectivity index (χ2n) is 11.5. The topological polar surface area (TPSA) is 146 Å². The SMILES string of the molecule is CCCCCCCCCCCCCCCCCCN.NS(=O)(=O)C(F)(F)C(F)(F)C(F)(F)C(F)(F)F.NS(=O)(=O)C(F)(F)C(F)(F)C(F)(F)C(F)(F)F. The molecule has 0 aromatic carbocycles. The lowest BCUT2D eigenvalue weighted by molar-refractivity contribution is -0.382. The van der Waals surface area contributed by atoms with Crippen molar-refractivity contribution in [2.24, 2.45) is 16.0 Å². The first-order chi connectivity index (χ1) is 23.4. The molecule has 0 saturated heterocycles. The summed E-state index contributed by atoms with van der Waals surface area (Å²) in [5.41, 5.74) is 5.48. The van der Waals surface area contributed by atoms with Gasteiger partial charge in [0.25, 0.3) is 20.0 Å². The summed E-state index contributed by atoms with van der Waals surface area (Å²) in [5.74, 6) is -29.0. The maximum atomic E-state index is 12.3. The molecular weight excluding hydrogens is 824 g/mol. The van der Waals surface area contributed by atoms with E-state index < -0.39 is 66.6 Å². The first kappa shape index (κ1) is 55.9. The molecule has 27 heteroatoms. The second kappa shape index (κ2) is 21.7. The Labute approximate surface area is 294 Å². The van der Waals surface area contributed by atoms with Gasteiger partial charge in [0.2, 0.25) is 0 Å². The molecule has 7 nitrogen and oxygen atoms in total. The fourth-order valence-corrected chi connectivity index (χ4v) is 4.74. The van der Waals surface area contributed by atoms with Crippen molar-refractivity contribution in [2.75, 3.05) is 6.54 Å². The number of sulfonamides is 2. The van der Waals surface area contributed by atoms with Gasteiger partial charge >= 0.3 is 46.6 Å². The highest BCUT2D eigenvalue weighted by atomic mass is 32.2. The van der Waals surface area contributed by atoms with Crippen LogP contribution >= 0.6 is 0 Å². The first-order valence-corrected chi connectivity index (χ1v) is 18.7. The molecule has 53 heavy (non-hydrogen) atoms. The molecule has 0 radical (unpaired) electrons. The highest BCUT2D eigenvalue weighted by Crippen LogP contribution is 2.55. The molecule has 0 aliphatic carbocycles. The van der Waals surface area contributed by atoms with E-state index in [-0.39, 0.29) is 0 Å². The molecule has 0 fully saturated rings. The average molecular weight is 868 g/mol. The van der Waals surface area contributed by atoms with Crippen molar-refractivity contribution < 1.29 is 95.9 Å². The molecule has 0 heterocycles. The summed E-state index contributed by atoms with van der Waals surface area (Å²) >= 11 is 0. The van der Waals surface area contributed by atoms with Crippen molar-refractivity contribution in [1.29, 1.82) is 0 Å². The fraction of sp³-hybridized carbons (Fsp3) is 1.00. The highest BCUT2D eigenvalue weighted by Gasteiger charge is 2.86.